The van der Waals surface area contributed by atoms with E-state index in [2.05, 4.69) is 89.4 Å². The number of anilines is 1. The molecule has 5 nitrogen and oxygen atoms in total. The first-order valence-corrected chi connectivity index (χ1v) is 13.6. The molecule has 0 bridgehead atoms. The van der Waals surface area contributed by atoms with E-state index in [1.807, 2.05) is 29.2 Å². The Morgan fingerprint density at radius 2 is 1.86 bits per heavy atom. The highest BCUT2D eigenvalue weighted by Crippen LogP contribution is 2.43. The summed E-state index contributed by atoms with van der Waals surface area (Å²) in [7, 11) is 0. The minimum atomic E-state index is -0.183. The zero-order chi connectivity index (χ0) is 24.8. The summed E-state index contributed by atoms with van der Waals surface area (Å²) in [5.41, 5.74) is 8.07. The summed E-state index contributed by atoms with van der Waals surface area (Å²) in [6.45, 7) is 10.1. The van der Waals surface area contributed by atoms with Crippen LogP contribution in [0.25, 0.3) is 5.00 Å². The van der Waals surface area contributed by atoms with Gasteiger partial charge in [-0.25, -0.2) is 4.79 Å². The van der Waals surface area contributed by atoms with Crippen LogP contribution >= 0.6 is 11.3 Å². The van der Waals surface area contributed by atoms with Crippen molar-refractivity contribution >= 4 is 23.1 Å². The fourth-order valence-corrected chi connectivity index (χ4v) is 7.00. The van der Waals surface area contributed by atoms with Gasteiger partial charge in [-0.2, -0.15) is 0 Å². The lowest BCUT2D eigenvalue weighted by molar-refractivity contribution is 0.194. The number of hydrogen-bond donors (Lipinski definition) is 1. The number of likely N-dealkylation sites (N-methyl/N-ethyl adjacent to an activating group) is 1. The molecule has 1 atom stereocenters. The number of fused-ring (bicyclic) bond motifs is 5. The van der Waals surface area contributed by atoms with Gasteiger partial charge < -0.3 is 14.8 Å². The number of carbonyl (C=O) groups is 1. The molecule has 6 heteroatoms. The number of rotatable bonds is 3. The number of thiophene rings is 1. The molecule has 2 amide bonds. The van der Waals surface area contributed by atoms with Gasteiger partial charge >= 0.3 is 6.03 Å². The van der Waals surface area contributed by atoms with Crippen LogP contribution in [-0.2, 0) is 19.5 Å². The first-order valence-electron chi connectivity index (χ1n) is 12.8. The van der Waals surface area contributed by atoms with Crippen molar-refractivity contribution in [3.05, 3.63) is 105 Å². The predicted molar refractivity (Wildman–Crippen MR) is 147 cm³/mol. The van der Waals surface area contributed by atoms with Crippen LogP contribution in [0.5, 0.6) is 0 Å². The van der Waals surface area contributed by atoms with Crippen molar-refractivity contribution in [2.75, 3.05) is 18.4 Å². The summed E-state index contributed by atoms with van der Waals surface area (Å²) in [6.07, 6.45) is 3.20. The molecule has 0 saturated carbocycles. The average Bonchev–Trinajstić information content (AvgIpc) is 3.48. The average molecular weight is 497 g/mol. The molecular weight excluding hydrogens is 464 g/mol. The van der Waals surface area contributed by atoms with Crippen LogP contribution < -0.4 is 5.32 Å². The second kappa shape index (κ2) is 9.26. The van der Waals surface area contributed by atoms with Crippen molar-refractivity contribution in [1.82, 2.24) is 14.4 Å². The van der Waals surface area contributed by atoms with Crippen LogP contribution in [0.2, 0.25) is 0 Å². The molecule has 2 aliphatic heterocycles. The van der Waals surface area contributed by atoms with Gasteiger partial charge in [0, 0.05) is 35.4 Å². The van der Waals surface area contributed by atoms with E-state index >= 15 is 0 Å². The highest BCUT2D eigenvalue weighted by Gasteiger charge is 2.36. The Kier molecular flexibility index (Phi) is 5.94. The number of benzene rings is 2. The molecule has 2 aromatic heterocycles. The molecule has 2 aromatic carbocycles. The van der Waals surface area contributed by atoms with Crippen molar-refractivity contribution in [1.29, 1.82) is 0 Å². The second-order valence-electron chi connectivity index (χ2n) is 9.90. The molecule has 2 aliphatic rings. The molecule has 0 aliphatic carbocycles. The Bertz CT molecular complexity index is 1420. The number of nitrogens with one attached hydrogen (secondary N) is 1. The zero-order valence-corrected chi connectivity index (χ0v) is 21.9. The lowest BCUT2D eigenvalue weighted by atomic mass is 10.00. The lowest BCUT2D eigenvalue weighted by Crippen LogP contribution is -2.38. The van der Waals surface area contributed by atoms with Crippen LogP contribution in [0.4, 0.5) is 10.5 Å². The van der Waals surface area contributed by atoms with Gasteiger partial charge in [0.25, 0.3) is 0 Å². The van der Waals surface area contributed by atoms with E-state index < -0.39 is 0 Å². The van der Waals surface area contributed by atoms with Crippen LogP contribution in [-0.4, -0.2) is 33.5 Å². The summed E-state index contributed by atoms with van der Waals surface area (Å²) < 4.78 is 2.33. The Hall–Kier alpha value is -3.35. The SMILES string of the molecule is CCN1CCc2c(sc3c2CN(C(=O)Nc2cc(C)ccc2C)[C@H](c2ccccc2)c2cccn2-3)C1. The third-order valence-corrected chi connectivity index (χ3v) is 8.86. The third-order valence-electron chi connectivity index (χ3n) is 7.60. The Balaban J connectivity index is 1.48. The highest BCUT2D eigenvalue weighted by molar-refractivity contribution is 7.15. The Labute approximate surface area is 217 Å². The minimum Gasteiger partial charge on any atom is -0.310 e. The monoisotopic (exact) mass is 496 g/mol. The normalized spacial score (nSPS) is 17.2. The number of aryl methyl sites for hydroxylation is 2. The molecule has 0 saturated heterocycles. The van der Waals surface area contributed by atoms with Gasteiger partial charge in [0.05, 0.1) is 18.3 Å². The van der Waals surface area contributed by atoms with Crippen molar-refractivity contribution in [3.8, 4) is 5.00 Å². The molecule has 184 valence electrons. The van der Waals surface area contributed by atoms with Gasteiger partial charge in [-0.1, -0.05) is 49.4 Å². The molecule has 0 fully saturated rings. The van der Waals surface area contributed by atoms with Crippen molar-refractivity contribution in [3.63, 3.8) is 0 Å². The Morgan fingerprint density at radius 1 is 1.03 bits per heavy atom. The van der Waals surface area contributed by atoms with Gasteiger partial charge in [0.15, 0.2) is 0 Å². The van der Waals surface area contributed by atoms with Gasteiger partial charge in [-0.3, -0.25) is 4.90 Å². The van der Waals surface area contributed by atoms with Gasteiger partial charge in [0.1, 0.15) is 5.00 Å². The summed E-state index contributed by atoms with van der Waals surface area (Å²) in [5, 5.41) is 4.53. The number of urea groups is 1. The highest BCUT2D eigenvalue weighted by atomic mass is 32.1. The third kappa shape index (κ3) is 3.94. The first kappa shape index (κ1) is 23.1. The summed E-state index contributed by atoms with van der Waals surface area (Å²) in [4.78, 5) is 20.1. The minimum absolute atomic E-state index is 0.0657. The predicted octanol–water partition coefficient (Wildman–Crippen LogP) is 6.67. The second-order valence-corrected chi connectivity index (χ2v) is 11.0. The molecule has 0 radical (unpaired) electrons. The fourth-order valence-electron chi connectivity index (χ4n) is 5.59. The van der Waals surface area contributed by atoms with Crippen molar-refractivity contribution < 1.29 is 4.79 Å². The van der Waals surface area contributed by atoms with E-state index in [-0.39, 0.29) is 12.1 Å². The fraction of sp³-hybridized carbons (Fsp3) is 0.300. The molecule has 0 unspecified atom stereocenters. The maximum atomic E-state index is 14.1. The molecular formula is C30H32N4OS. The van der Waals surface area contributed by atoms with Gasteiger partial charge in [0.2, 0.25) is 0 Å². The molecule has 0 spiro atoms. The molecule has 4 heterocycles. The van der Waals surface area contributed by atoms with Gasteiger partial charge in [-0.05, 0) is 67.3 Å². The summed E-state index contributed by atoms with van der Waals surface area (Å²) >= 11 is 1.90. The number of carbonyl (C=O) groups excluding carboxylic acids is 1. The number of hydrogen-bond acceptors (Lipinski definition) is 3. The van der Waals surface area contributed by atoms with E-state index in [9.17, 15) is 4.79 Å². The topological polar surface area (TPSA) is 40.5 Å². The van der Waals surface area contributed by atoms with E-state index in [0.717, 1.165) is 54.1 Å². The smallest absolute Gasteiger partial charge is 0.310 e. The van der Waals surface area contributed by atoms with Crippen molar-refractivity contribution in [2.24, 2.45) is 0 Å². The number of nitrogens with zero attached hydrogens (tertiary/aromatic N) is 3. The maximum Gasteiger partial charge on any atom is 0.322 e. The maximum absolute atomic E-state index is 14.1. The molecule has 4 aromatic rings. The van der Waals surface area contributed by atoms with E-state index in [0.29, 0.717) is 6.54 Å². The van der Waals surface area contributed by atoms with Crippen LogP contribution in [0.1, 0.15) is 51.4 Å². The molecule has 6 rings (SSSR count). The largest absolute Gasteiger partial charge is 0.322 e. The molecule has 1 N–H and O–H groups in total. The lowest BCUT2D eigenvalue weighted by Gasteiger charge is -2.32. The zero-order valence-electron chi connectivity index (χ0n) is 21.1. The van der Waals surface area contributed by atoms with Crippen molar-refractivity contribution in [2.45, 2.75) is 46.3 Å². The van der Waals surface area contributed by atoms with E-state index in [1.165, 1.54) is 21.0 Å². The van der Waals surface area contributed by atoms with E-state index in [4.69, 9.17) is 0 Å². The summed E-state index contributed by atoms with van der Waals surface area (Å²) in [6, 6.07) is 20.7. The quantitative estimate of drug-likeness (QED) is 0.344. The van der Waals surface area contributed by atoms with Gasteiger partial charge in [-0.15, -0.1) is 11.3 Å². The first-order chi connectivity index (χ1) is 17.5. The van der Waals surface area contributed by atoms with Crippen LogP contribution in [0.3, 0.4) is 0 Å². The standard InChI is InChI=1S/C30H32N4OS/c1-4-32-16-14-23-24-18-34(30(35)31-25-17-20(2)12-13-21(25)3)28(22-9-6-5-7-10-22)26-11-8-15-33(26)29(24)36-27(23)19-32/h5-13,15,17,28H,4,14,16,18-19H2,1-3H3,(H,31,35)/t28-/m1/s1. The van der Waals surface area contributed by atoms with Crippen LogP contribution in [0.15, 0.2) is 66.9 Å². The Morgan fingerprint density at radius 3 is 2.67 bits per heavy atom. The molecule has 36 heavy (non-hydrogen) atoms. The number of aromatic nitrogens is 1. The number of amides is 2. The summed E-state index contributed by atoms with van der Waals surface area (Å²) in [5.74, 6) is 0. The van der Waals surface area contributed by atoms with E-state index in [1.54, 1.807) is 0 Å². The van der Waals surface area contributed by atoms with Crippen LogP contribution in [0, 0.1) is 13.8 Å².